The normalized spacial score (nSPS) is 14.8. The molecule has 0 atom stereocenters. The third-order valence-corrected chi connectivity index (χ3v) is 6.09. The smallest absolute Gasteiger partial charge is 0.119 e. The highest BCUT2D eigenvalue weighted by atomic mass is 16.5. The van der Waals surface area contributed by atoms with Gasteiger partial charge in [0.25, 0.3) is 0 Å². The molecule has 0 aliphatic heterocycles. The van der Waals surface area contributed by atoms with Crippen LogP contribution in [0.4, 0.5) is 0 Å². The standard InChI is InChI=1S/C27H38NO/c1-2-3-4-5-6-7-9-12-23-15-20-27(28-21-23)25-16-18-26(19-17-25)29-22-24-13-10-8-11-14-24/h8,15-21,24H,2-7,9-14,22H2,1H3. The van der Waals surface area contributed by atoms with Gasteiger partial charge in [0.05, 0.1) is 12.3 Å². The van der Waals surface area contributed by atoms with Crippen LogP contribution in [0.15, 0.2) is 42.6 Å². The van der Waals surface area contributed by atoms with Crippen LogP contribution in [-0.4, -0.2) is 11.6 Å². The lowest BCUT2D eigenvalue weighted by Crippen LogP contribution is -2.15. The first-order chi connectivity index (χ1) is 14.3. The maximum absolute atomic E-state index is 6.01. The summed E-state index contributed by atoms with van der Waals surface area (Å²) in [5.74, 6) is 1.68. The van der Waals surface area contributed by atoms with Crippen molar-refractivity contribution >= 4 is 0 Å². The molecule has 0 amide bonds. The number of hydrogen-bond donors (Lipinski definition) is 0. The number of pyridine rings is 1. The lowest BCUT2D eigenvalue weighted by molar-refractivity contribution is 0.221. The number of unbranched alkanes of at least 4 members (excludes halogenated alkanes) is 6. The summed E-state index contributed by atoms with van der Waals surface area (Å²) in [6, 6.07) is 12.8. The summed E-state index contributed by atoms with van der Waals surface area (Å²) in [6.07, 6.45) is 20.1. The highest BCUT2D eigenvalue weighted by Crippen LogP contribution is 2.25. The molecular weight excluding hydrogens is 354 g/mol. The van der Waals surface area contributed by atoms with Gasteiger partial charge in [-0.2, -0.15) is 0 Å². The Labute approximate surface area is 178 Å². The van der Waals surface area contributed by atoms with Crippen LogP contribution in [0.1, 0.15) is 83.1 Å². The van der Waals surface area contributed by atoms with Gasteiger partial charge < -0.3 is 4.74 Å². The van der Waals surface area contributed by atoms with Crippen LogP contribution in [0.5, 0.6) is 5.75 Å². The summed E-state index contributed by atoms with van der Waals surface area (Å²) in [5.41, 5.74) is 3.56. The second-order valence-electron chi connectivity index (χ2n) is 8.57. The average Bonchev–Trinajstić information content (AvgIpc) is 2.79. The summed E-state index contributed by atoms with van der Waals surface area (Å²) in [4.78, 5) is 4.69. The van der Waals surface area contributed by atoms with Crippen molar-refractivity contribution < 1.29 is 4.74 Å². The van der Waals surface area contributed by atoms with Gasteiger partial charge >= 0.3 is 0 Å². The average molecular weight is 393 g/mol. The molecule has 0 unspecified atom stereocenters. The van der Waals surface area contributed by atoms with Crippen molar-refractivity contribution in [3.8, 4) is 17.0 Å². The van der Waals surface area contributed by atoms with Gasteiger partial charge in [-0.05, 0) is 86.8 Å². The van der Waals surface area contributed by atoms with E-state index >= 15 is 0 Å². The quantitative estimate of drug-likeness (QED) is 0.343. The van der Waals surface area contributed by atoms with Crippen LogP contribution < -0.4 is 4.74 Å². The predicted octanol–water partition coefficient (Wildman–Crippen LogP) is 7.81. The van der Waals surface area contributed by atoms with Crippen molar-refractivity contribution in [1.29, 1.82) is 0 Å². The molecule has 1 aromatic carbocycles. The lowest BCUT2D eigenvalue weighted by atomic mass is 9.90. The molecule has 29 heavy (non-hydrogen) atoms. The van der Waals surface area contributed by atoms with Crippen molar-refractivity contribution in [2.45, 2.75) is 84.0 Å². The van der Waals surface area contributed by atoms with Gasteiger partial charge in [0.2, 0.25) is 0 Å². The summed E-state index contributed by atoms with van der Waals surface area (Å²) in [5, 5.41) is 0. The topological polar surface area (TPSA) is 22.1 Å². The highest BCUT2D eigenvalue weighted by molar-refractivity contribution is 5.60. The van der Waals surface area contributed by atoms with Gasteiger partial charge in [-0.15, -0.1) is 0 Å². The minimum atomic E-state index is 0.713. The van der Waals surface area contributed by atoms with Crippen molar-refractivity contribution in [1.82, 2.24) is 4.98 Å². The van der Waals surface area contributed by atoms with E-state index < -0.39 is 0 Å². The Balaban J connectivity index is 1.39. The van der Waals surface area contributed by atoms with E-state index in [1.165, 1.54) is 76.2 Å². The Morgan fingerprint density at radius 3 is 2.28 bits per heavy atom. The molecule has 1 aliphatic rings. The van der Waals surface area contributed by atoms with Gasteiger partial charge in [0.1, 0.15) is 5.75 Å². The fraction of sp³-hybridized carbons (Fsp3) is 0.556. The number of benzene rings is 1. The van der Waals surface area contributed by atoms with E-state index in [-0.39, 0.29) is 0 Å². The van der Waals surface area contributed by atoms with Crippen LogP contribution in [0.25, 0.3) is 11.3 Å². The summed E-state index contributed by atoms with van der Waals surface area (Å²) in [7, 11) is 0. The third kappa shape index (κ3) is 7.84. The molecule has 2 nitrogen and oxygen atoms in total. The first-order valence-corrected chi connectivity index (χ1v) is 11.8. The van der Waals surface area contributed by atoms with E-state index in [9.17, 15) is 0 Å². The van der Waals surface area contributed by atoms with Crippen molar-refractivity contribution in [3.05, 3.63) is 54.6 Å². The maximum atomic E-state index is 6.01. The van der Waals surface area contributed by atoms with Gasteiger partial charge in [0, 0.05) is 11.8 Å². The van der Waals surface area contributed by atoms with E-state index in [1.54, 1.807) is 0 Å². The monoisotopic (exact) mass is 392 g/mol. The molecule has 1 radical (unpaired) electrons. The Kier molecular flexibility index (Phi) is 9.56. The minimum absolute atomic E-state index is 0.713. The van der Waals surface area contributed by atoms with Crippen molar-refractivity contribution in [3.63, 3.8) is 0 Å². The number of nitrogens with zero attached hydrogens (tertiary/aromatic N) is 1. The summed E-state index contributed by atoms with van der Waals surface area (Å²) >= 11 is 0. The number of aryl methyl sites for hydroxylation is 1. The molecule has 2 heteroatoms. The molecule has 3 rings (SSSR count). The second-order valence-corrected chi connectivity index (χ2v) is 8.57. The maximum Gasteiger partial charge on any atom is 0.119 e. The fourth-order valence-corrected chi connectivity index (χ4v) is 4.13. The Hall–Kier alpha value is -1.83. The first kappa shape index (κ1) is 21.9. The first-order valence-electron chi connectivity index (χ1n) is 11.8. The highest BCUT2D eigenvalue weighted by Gasteiger charge is 2.14. The van der Waals surface area contributed by atoms with Crippen LogP contribution in [0, 0.1) is 12.3 Å². The van der Waals surface area contributed by atoms with E-state index in [2.05, 4.69) is 55.9 Å². The fourth-order valence-electron chi connectivity index (χ4n) is 4.13. The largest absolute Gasteiger partial charge is 0.493 e. The number of ether oxygens (including phenoxy) is 1. The molecule has 0 saturated heterocycles. The van der Waals surface area contributed by atoms with E-state index in [0.29, 0.717) is 5.92 Å². The SMILES string of the molecule is CCCCCCCCCc1ccc(-c2ccc(OCC3CC[CH]CC3)cc2)nc1. The van der Waals surface area contributed by atoms with E-state index in [1.807, 2.05) is 0 Å². The third-order valence-electron chi connectivity index (χ3n) is 6.09. The zero-order valence-corrected chi connectivity index (χ0v) is 18.2. The lowest BCUT2D eigenvalue weighted by Gasteiger charge is -2.21. The molecule has 0 N–H and O–H groups in total. The Morgan fingerprint density at radius 2 is 1.59 bits per heavy atom. The number of aromatic nitrogens is 1. The van der Waals surface area contributed by atoms with E-state index in [4.69, 9.17) is 9.72 Å². The molecule has 1 aliphatic carbocycles. The molecule has 1 saturated carbocycles. The van der Waals surface area contributed by atoms with Gasteiger partial charge in [-0.1, -0.05) is 51.5 Å². The van der Waals surface area contributed by atoms with Crippen LogP contribution in [0.3, 0.4) is 0 Å². The molecule has 2 aromatic rings. The van der Waals surface area contributed by atoms with Crippen molar-refractivity contribution in [2.75, 3.05) is 6.61 Å². The second kappa shape index (κ2) is 12.7. The molecule has 1 heterocycles. The number of rotatable bonds is 12. The minimum Gasteiger partial charge on any atom is -0.493 e. The Morgan fingerprint density at radius 1 is 0.862 bits per heavy atom. The molecule has 1 aromatic heterocycles. The Bertz CT molecular complexity index is 671. The van der Waals surface area contributed by atoms with Crippen LogP contribution >= 0.6 is 0 Å². The molecular formula is C27H38NO. The molecule has 157 valence electrons. The number of hydrogen-bond acceptors (Lipinski definition) is 2. The van der Waals surface area contributed by atoms with E-state index in [0.717, 1.165) is 30.0 Å². The van der Waals surface area contributed by atoms with Crippen molar-refractivity contribution in [2.24, 2.45) is 5.92 Å². The molecule has 0 spiro atoms. The summed E-state index contributed by atoms with van der Waals surface area (Å²) < 4.78 is 6.01. The van der Waals surface area contributed by atoms with Crippen LogP contribution in [-0.2, 0) is 6.42 Å². The molecule has 0 bridgehead atoms. The predicted molar refractivity (Wildman–Crippen MR) is 123 cm³/mol. The summed E-state index contributed by atoms with van der Waals surface area (Å²) in [6.45, 7) is 3.12. The van der Waals surface area contributed by atoms with Gasteiger partial charge in [-0.3, -0.25) is 4.98 Å². The van der Waals surface area contributed by atoms with Crippen LogP contribution in [0.2, 0.25) is 0 Å². The molecule has 1 fully saturated rings. The zero-order chi connectivity index (χ0) is 20.2. The zero-order valence-electron chi connectivity index (χ0n) is 18.2. The van der Waals surface area contributed by atoms with Gasteiger partial charge in [0.15, 0.2) is 0 Å². The van der Waals surface area contributed by atoms with Gasteiger partial charge in [-0.25, -0.2) is 0 Å².